The molecule has 2 aliphatic heterocycles. The van der Waals surface area contributed by atoms with Crippen LogP contribution in [0.4, 0.5) is 0 Å². The normalized spacial score (nSPS) is 28.8. The molecule has 4 unspecified atom stereocenters. The summed E-state index contributed by atoms with van der Waals surface area (Å²) in [6, 6.07) is 16.1. The van der Waals surface area contributed by atoms with Gasteiger partial charge in [0.25, 0.3) is 0 Å². The van der Waals surface area contributed by atoms with Crippen molar-refractivity contribution in [2.45, 2.75) is 57.6 Å². The maximum Gasteiger partial charge on any atom is 0.237 e. The predicted molar refractivity (Wildman–Crippen MR) is 125 cm³/mol. The van der Waals surface area contributed by atoms with Crippen LogP contribution in [0.25, 0.3) is 6.08 Å². The average Bonchev–Trinajstić information content (AvgIpc) is 2.81. The smallest absolute Gasteiger partial charge is 0.237 e. The molecule has 4 atom stereocenters. The van der Waals surface area contributed by atoms with Crippen molar-refractivity contribution in [3.05, 3.63) is 71.3 Å². The minimum Gasteiger partial charge on any atom is -0.467 e. The minimum atomic E-state index is -0.690. The Hall–Kier alpha value is -2.88. The van der Waals surface area contributed by atoms with Gasteiger partial charge in [0.2, 0.25) is 5.91 Å². The molecule has 1 saturated heterocycles. The van der Waals surface area contributed by atoms with Crippen molar-refractivity contribution in [2.24, 2.45) is 11.8 Å². The van der Waals surface area contributed by atoms with Gasteiger partial charge in [0.05, 0.1) is 0 Å². The Morgan fingerprint density at radius 2 is 1.94 bits per heavy atom. The molecule has 2 aromatic carbocycles. The second-order valence-corrected chi connectivity index (χ2v) is 9.48. The number of amides is 1. The molecule has 2 bridgehead atoms. The Balaban J connectivity index is 1.58. The average molecular weight is 430 g/mol. The number of fused-ring (bicyclic) bond motifs is 2. The first-order valence-electron chi connectivity index (χ1n) is 11.9. The van der Waals surface area contributed by atoms with Gasteiger partial charge < -0.3 is 9.64 Å². The minimum absolute atomic E-state index is 0.0666. The van der Waals surface area contributed by atoms with Crippen LogP contribution in [0, 0.1) is 18.8 Å². The van der Waals surface area contributed by atoms with Crippen molar-refractivity contribution in [2.75, 3.05) is 6.54 Å². The number of hydrogen-bond acceptors (Lipinski definition) is 3. The molecule has 3 aliphatic rings. The van der Waals surface area contributed by atoms with Crippen LogP contribution in [-0.4, -0.2) is 28.9 Å². The van der Waals surface area contributed by atoms with Crippen molar-refractivity contribution in [1.29, 1.82) is 0 Å². The molecule has 166 valence electrons. The Morgan fingerprint density at radius 3 is 2.72 bits per heavy atom. The molecule has 0 N–H and O–H groups in total. The molecule has 0 spiro atoms. The molecule has 2 aromatic rings. The summed E-state index contributed by atoms with van der Waals surface area (Å²) in [7, 11) is 0. The zero-order valence-electron chi connectivity index (χ0n) is 18.9. The molecule has 1 aliphatic carbocycles. The number of benzene rings is 2. The lowest BCUT2D eigenvalue weighted by atomic mass is 9.60. The van der Waals surface area contributed by atoms with E-state index in [4.69, 9.17) is 4.74 Å². The van der Waals surface area contributed by atoms with Crippen LogP contribution in [0.1, 0.15) is 61.6 Å². The van der Waals surface area contributed by atoms with E-state index >= 15 is 0 Å². The third-order valence-corrected chi connectivity index (χ3v) is 7.50. The van der Waals surface area contributed by atoms with Crippen molar-refractivity contribution >= 4 is 17.8 Å². The van der Waals surface area contributed by atoms with Crippen LogP contribution in [0.5, 0.6) is 5.75 Å². The van der Waals surface area contributed by atoms with Gasteiger partial charge in [-0.15, -0.1) is 0 Å². The Kier molecular flexibility index (Phi) is 5.40. The molecule has 32 heavy (non-hydrogen) atoms. The maximum absolute atomic E-state index is 13.9. The number of hydrogen-bond donors (Lipinski definition) is 0. The van der Waals surface area contributed by atoms with Gasteiger partial charge >= 0.3 is 0 Å². The third-order valence-electron chi connectivity index (χ3n) is 7.50. The second kappa shape index (κ2) is 8.23. The third kappa shape index (κ3) is 3.28. The van der Waals surface area contributed by atoms with Gasteiger partial charge in [0.1, 0.15) is 11.7 Å². The summed E-state index contributed by atoms with van der Waals surface area (Å²) in [5.74, 6) is 0.00264. The number of aryl methyl sites for hydroxylation is 1. The number of ether oxygens (including phenoxy) is 1. The highest BCUT2D eigenvalue weighted by Gasteiger charge is 2.63. The van der Waals surface area contributed by atoms with Crippen molar-refractivity contribution in [3.63, 3.8) is 0 Å². The van der Waals surface area contributed by atoms with Crippen LogP contribution in [0.3, 0.4) is 0 Å². The maximum atomic E-state index is 13.9. The van der Waals surface area contributed by atoms with E-state index in [0.717, 1.165) is 49.0 Å². The molecule has 2 heterocycles. The lowest BCUT2D eigenvalue weighted by Crippen LogP contribution is -2.70. The number of rotatable bonds is 5. The number of carbonyl (C=O) groups is 2. The zero-order valence-corrected chi connectivity index (χ0v) is 18.9. The summed E-state index contributed by atoms with van der Waals surface area (Å²) in [5.41, 5.74) is 2.55. The van der Waals surface area contributed by atoms with Gasteiger partial charge in [0, 0.05) is 24.8 Å². The standard InChI is InChI=1S/C28H31NO3/c1-3-18-29-27(31)26(23(30)16-15-20-13-11-19(2)12-14-20)25-21-8-4-5-10-24(21)32-28(29)17-7-6-9-22(25)28/h4-5,8,10-16,22,25-26H,3,6-7,9,17-18H2,1-2H3. The highest BCUT2D eigenvalue weighted by atomic mass is 16.5. The molecule has 0 radical (unpaired) electrons. The fourth-order valence-corrected chi connectivity index (χ4v) is 6.09. The Morgan fingerprint density at radius 1 is 1.16 bits per heavy atom. The van der Waals surface area contributed by atoms with E-state index in [0.29, 0.717) is 6.54 Å². The van der Waals surface area contributed by atoms with Gasteiger partial charge in [-0.25, -0.2) is 0 Å². The van der Waals surface area contributed by atoms with Crippen LogP contribution in [0.2, 0.25) is 0 Å². The van der Waals surface area contributed by atoms with Crippen LogP contribution < -0.4 is 4.74 Å². The molecule has 0 aromatic heterocycles. The summed E-state index contributed by atoms with van der Waals surface area (Å²) < 4.78 is 6.67. The number of para-hydroxylation sites is 1. The lowest BCUT2D eigenvalue weighted by molar-refractivity contribution is -0.207. The molecule has 1 saturated carbocycles. The van der Waals surface area contributed by atoms with Crippen LogP contribution in [0.15, 0.2) is 54.6 Å². The topological polar surface area (TPSA) is 46.6 Å². The van der Waals surface area contributed by atoms with Crippen molar-refractivity contribution in [1.82, 2.24) is 4.90 Å². The van der Waals surface area contributed by atoms with E-state index in [1.165, 1.54) is 5.56 Å². The molecular formula is C28H31NO3. The second-order valence-electron chi connectivity index (χ2n) is 9.48. The number of piperidine rings is 1. The largest absolute Gasteiger partial charge is 0.467 e. The number of carbonyl (C=O) groups excluding carboxylic acids is 2. The first kappa shape index (κ1) is 21.0. The monoisotopic (exact) mass is 429 g/mol. The van der Waals surface area contributed by atoms with Crippen LogP contribution >= 0.6 is 0 Å². The summed E-state index contributed by atoms with van der Waals surface area (Å²) in [4.78, 5) is 29.4. The van der Waals surface area contributed by atoms with E-state index in [-0.39, 0.29) is 23.5 Å². The highest BCUT2D eigenvalue weighted by Crippen LogP contribution is 2.58. The van der Waals surface area contributed by atoms with Crippen molar-refractivity contribution in [3.8, 4) is 5.75 Å². The van der Waals surface area contributed by atoms with Gasteiger partial charge in [-0.1, -0.05) is 67.4 Å². The van der Waals surface area contributed by atoms with E-state index in [1.54, 1.807) is 6.08 Å². The van der Waals surface area contributed by atoms with Crippen LogP contribution in [-0.2, 0) is 9.59 Å². The summed E-state index contributed by atoms with van der Waals surface area (Å²) in [6.45, 7) is 4.75. The molecule has 4 heteroatoms. The molecule has 5 rings (SSSR count). The number of ketones is 1. The molecule has 2 fully saturated rings. The fourth-order valence-electron chi connectivity index (χ4n) is 6.09. The van der Waals surface area contributed by atoms with E-state index < -0.39 is 11.6 Å². The first-order valence-corrected chi connectivity index (χ1v) is 11.9. The number of nitrogens with zero attached hydrogens (tertiary/aromatic N) is 1. The Labute approximate surface area is 190 Å². The van der Waals surface area contributed by atoms with E-state index in [1.807, 2.05) is 66.4 Å². The Bertz CT molecular complexity index is 1060. The van der Waals surface area contributed by atoms with E-state index in [9.17, 15) is 9.59 Å². The van der Waals surface area contributed by atoms with Gasteiger partial charge in [-0.05, 0) is 49.5 Å². The lowest BCUT2D eigenvalue weighted by Gasteiger charge is -2.60. The SMILES string of the molecule is CCCN1C(=O)C(C(=O)C=Cc2ccc(C)cc2)C2c3ccccc3OC13CCCCC23. The molecule has 4 nitrogen and oxygen atoms in total. The molecule has 1 amide bonds. The summed E-state index contributed by atoms with van der Waals surface area (Å²) in [6.07, 6.45) is 8.29. The summed E-state index contributed by atoms with van der Waals surface area (Å²) in [5, 5.41) is 0. The van der Waals surface area contributed by atoms with Gasteiger partial charge in [-0.2, -0.15) is 0 Å². The zero-order chi connectivity index (χ0) is 22.3. The van der Waals surface area contributed by atoms with Gasteiger partial charge in [0.15, 0.2) is 11.5 Å². The summed E-state index contributed by atoms with van der Waals surface area (Å²) >= 11 is 0. The van der Waals surface area contributed by atoms with E-state index in [2.05, 4.69) is 6.92 Å². The molecular weight excluding hydrogens is 398 g/mol. The predicted octanol–water partition coefficient (Wildman–Crippen LogP) is 5.51. The highest BCUT2D eigenvalue weighted by molar-refractivity contribution is 6.10. The van der Waals surface area contributed by atoms with Gasteiger partial charge in [-0.3, -0.25) is 9.59 Å². The quantitative estimate of drug-likeness (QED) is 0.465. The number of likely N-dealkylation sites (tertiary alicyclic amines) is 1. The first-order chi connectivity index (χ1) is 15.5. The number of allylic oxidation sites excluding steroid dienone is 1. The van der Waals surface area contributed by atoms with Crippen molar-refractivity contribution < 1.29 is 14.3 Å². The fraction of sp³-hybridized carbons (Fsp3) is 0.429.